The summed E-state index contributed by atoms with van der Waals surface area (Å²) in [5, 5.41) is 7.76. The number of hydrogen-bond acceptors (Lipinski definition) is 3. The van der Waals surface area contributed by atoms with Crippen molar-refractivity contribution in [2.75, 3.05) is 13.7 Å². The number of benzene rings is 1. The normalized spacial score (nSPS) is 10.4. The van der Waals surface area contributed by atoms with Gasteiger partial charge in [0.2, 0.25) is 0 Å². The number of ether oxygens (including phenoxy) is 1. The zero-order valence-electron chi connectivity index (χ0n) is 9.98. The van der Waals surface area contributed by atoms with E-state index < -0.39 is 0 Å². The maximum absolute atomic E-state index is 5.31. The van der Waals surface area contributed by atoms with Crippen molar-refractivity contribution in [2.45, 2.75) is 13.0 Å². The predicted molar refractivity (Wildman–Crippen MR) is 72.7 cm³/mol. The average molecular weight is 247 g/mol. The van der Waals surface area contributed by atoms with Crippen molar-refractivity contribution in [1.82, 2.24) is 5.32 Å². The zero-order valence-corrected chi connectivity index (χ0v) is 10.8. The first kappa shape index (κ1) is 12.1. The van der Waals surface area contributed by atoms with Gasteiger partial charge in [-0.1, -0.05) is 18.2 Å². The number of methoxy groups -OCH3 is 1. The summed E-state index contributed by atoms with van der Waals surface area (Å²) >= 11 is 1.75. The molecule has 0 aliphatic rings. The van der Waals surface area contributed by atoms with E-state index in [0.29, 0.717) is 0 Å². The van der Waals surface area contributed by atoms with Crippen LogP contribution in [0.3, 0.4) is 0 Å². The number of para-hydroxylation sites is 1. The maximum Gasteiger partial charge on any atom is 0.123 e. The van der Waals surface area contributed by atoms with Crippen LogP contribution in [0.25, 0.3) is 0 Å². The molecule has 0 amide bonds. The second-order valence-electron chi connectivity index (χ2n) is 3.87. The molecule has 0 spiro atoms. The lowest BCUT2D eigenvalue weighted by Crippen LogP contribution is -2.16. The fourth-order valence-electron chi connectivity index (χ4n) is 1.74. The fraction of sp³-hybridized carbons (Fsp3) is 0.286. The minimum Gasteiger partial charge on any atom is -0.496 e. The molecule has 2 aromatic rings. The Balaban J connectivity index is 1.78. The third-order valence-corrected chi connectivity index (χ3v) is 3.41. The Morgan fingerprint density at radius 3 is 2.88 bits per heavy atom. The van der Waals surface area contributed by atoms with Crippen molar-refractivity contribution in [3.63, 3.8) is 0 Å². The molecule has 1 aromatic carbocycles. The first-order chi connectivity index (χ1) is 8.40. The van der Waals surface area contributed by atoms with Gasteiger partial charge in [0, 0.05) is 12.1 Å². The summed E-state index contributed by atoms with van der Waals surface area (Å²) in [6, 6.07) is 10.3. The molecule has 0 fully saturated rings. The summed E-state index contributed by atoms with van der Waals surface area (Å²) in [5.74, 6) is 0.954. The van der Waals surface area contributed by atoms with E-state index >= 15 is 0 Å². The molecule has 17 heavy (non-hydrogen) atoms. The third kappa shape index (κ3) is 3.58. The molecule has 1 N–H and O–H groups in total. The molecule has 0 unspecified atom stereocenters. The van der Waals surface area contributed by atoms with Crippen LogP contribution >= 0.6 is 11.3 Å². The van der Waals surface area contributed by atoms with Crippen LogP contribution in [0.2, 0.25) is 0 Å². The predicted octanol–water partition coefficient (Wildman–Crippen LogP) is 3.09. The highest BCUT2D eigenvalue weighted by atomic mass is 32.1. The molecule has 2 nitrogen and oxygen atoms in total. The summed E-state index contributed by atoms with van der Waals surface area (Å²) in [7, 11) is 1.71. The van der Waals surface area contributed by atoms with E-state index in [0.717, 1.165) is 25.3 Å². The molecule has 0 aliphatic carbocycles. The van der Waals surface area contributed by atoms with E-state index in [1.165, 1.54) is 11.1 Å². The Labute approximate surface area is 106 Å². The quantitative estimate of drug-likeness (QED) is 0.792. The lowest BCUT2D eigenvalue weighted by atomic mass is 10.2. The molecule has 1 aromatic heterocycles. The summed E-state index contributed by atoms with van der Waals surface area (Å²) in [6.07, 6.45) is 1.08. The smallest absolute Gasteiger partial charge is 0.123 e. The molecular formula is C14H17NOS. The molecule has 0 radical (unpaired) electrons. The summed E-state index contributed by atoms with van der Waals surface area (Å²) in [6.45, 7) is 1.85. The molecule has 0 atom stereocenters. The molecule has 0 saturated heterocycles. The minimum atomic E-state index is 0.855. The van der Waals surface area contributed by atoms with Crippen molar-refractivity contribution in [3.8, 4) is 5.75 Å². The first-order valence-electron chi connectivity index (χ1n) is 5.74. The molecule has 0 aliphatic heterocycles. The fourth-order valence-corrected chi connectivity index (χ4v) is 2.44. The highest BCUT2D eigenvalue weighted by molar-refractivity contribution is 7.07. The molecular weight excluding hydrogens is 230 g/mol. The van der Waals surface area contributed by atoms with Crippen molar-refractivity contribution < 1.29 is 4.74 Å². The molecule has 0 bridgehead atoms. The van der Waals surface area contributed by atoms with Crippen LogP contribution in [0.15, 0.2) is 41.1 Å². The van der Waals surface area contributed by atoms with Crippen LogP contribution in [-0.4, -0.2) is 13.7 Å². The number of thiophene rings is 1. The van der Waals surface area contributed by atoms with Gasteiger partial charge in [-0.3, -0.25) is 0 Å². The lowest BCUT2D eigenvalue weighted by Gasteiger charge is -2.08. The SMILES string of the molecule is COc1ccccc1CNCCc1ccsc1. The molecule has 0 saturated carbocycles. The van der Waals surface area contributed by atoms with Crippen LogP contribution in [0.5, 0.6) is 5.75 Å². The van der Waals surface area contributed by atoms with Crippen molar-refractivity contribution in [3.05, 3.63) is 52.2 Å². The molecule has 2 rings (SSSR count). The third-order valence-electron chi connectivity index (χ3n) is 2.68. The standard InChI is InChI=1S/C14H17NOS/c1-16-14-5-3-2-4-13(14)10-15-8-6-12-7-9-17-11-12/h2-5,7,9,11,15H,6,8,10H2,1H3. The highest BCUT2D eigenvalue weighted by Gasteiger charge is 2.00. The van der Waals surface area contributed by atoms with Gasteiger partial charge in [-0.2, -0.15) is 11.3 Å². The maximum atomic E-state index is 5.31. The summed E-state index contributed by atoms with van der Waals surface area (Å²) < 4.78 is 5.31. The van der Waals surface area contributed by atoms with Crippen LogP contribution in [0.4, 0.5) is 0 Å². The van der Waals surface area contributed by atoms with Gasteiger partial charge in [0.25, 0.3) is 0 Å². The Morgan fingerprint density at radius 1 is 1.24 bits per heavy atom. The average Bonchev–Trinajstić information content (AvgIpc) is 2.88. The second kappa shape index (κ2) is 6.42. The zero-order chi connectivity index (χ0) is 11.9. The van der Waals surface area contributed by atoms with Crippen LogP contribution in [0.1, 0.15) is 11.1 Å². The van der Waals surface area contributed by atoms with E-state index in [9.17, 15) is 0 Å². The molecule has 3 heteroatoms. The molecule has 1 heterocycles. The van der Waals surface area contributed by atoms with Crippen LogP contribution < -0.4 is 10.1 Å². The Hall–Kier alpha value is -1.32. The highest BCUT2D eigenvalue weighted by Crippen LogP contribution is 2.16. The van der Waals surface area contributed by atoms with Gasteiger partial charge in [0.1, 0.15) is 5.75 Å². The van der Waals surface area contributed by atoms with E-state index in [2.05, 4.69) is 28.2 Å². The Morgan fingerprint density at radius 2 is 2.12 bits per heavy atom. The summed E-state index contributed by atoms with van der Waals surface area (Å²) in [5.41, 5.74) is 2.61. The van der Waals surface area contributed by atoms with Crippen molar-refractivity contribution in [2.24, 2.45) is 0 Å². The van der Waals surface area contributed by atoms with E-state index in [1.807, 2.05) is 18.2 Å². The minimum absolute atomic E-state index is 0.855. The lowest BCUT2D eigenvalue weighted by molar-refractivity contribution is 0.408. The largest absolute Gasteiger partial charge is 0.496 e. The van der Waals surface area contributed by atoms with E-state index in [-0.39, 0.29) is 0 Å². The number of hydrogen-bond donors (Lipinski definition) is 1. The first-order valence-corrected chi connectivity index (χ1v) is 6.68. The van der Waals surface area contributed by atoms with E-state index in [1.54, 1.807) is 18.4 Å². The number of rotatable bonds is 6. The monoisotopic (exact) mass is 247 g/mol. The topological polar surface area (TPSA) is 21.3 Å². The Bertz CT molecular complexity index is 439. The van der Waals surface area contributed by atoms with Gasteiger partial charge < -0.3 is 10.1 Å². The van der Waals surface area contributed by atoms with Crippen molar-refractivity contribution in [1.29, 1.82) is 0 Å². The second-order valence-corrected chi connectivity index (χ2v) is 4.65. The van der Waals surface area contributed by atoms with Gasteiger partial charge in [-0.25, -0.2) is 0 Å². The van der Waals surface area contributed by atoms with Gasteiger partial charge in [-0.15, -0.1) is 0 Å². The number of nitrogens with one attached hydrogen (secondary N) is 1. The van der Waals surface area contributed by atoms with Gasteiger partial charge in [0.05, 0.1) is 7.11 Å². The van der Waals surface area contributed by atoms with Gasteiger partial charge >= 0.3 is 0 Å². The Kier molecular flexibility index (Phi) is 4.59. The summed E-state index contributed by atoms with van der Waals surface area (Å²) in [4.78, 5) is 0. The molecule has 90 valence electrons. The van der Waals surface area contributed by atoms with Crippen LogP contribution in [0, 0.1) is 0 Å². The van der Waals surface area contributed by atoms with Gasteiger partial charge in [-0.05, 0) is 41.4 Å². The van der Waals surface area contributed by atoms with E-state index in [4.69, 9.17) is 4.74 Å². The van der Waals surface area contributed by atoms with Gasteiger partial charge in [0.15, 0.2) is 0 Å². The van der Waals surface area contributed by atoms with Crippen molar-refractivity contribution >= 4 is 11.3 Å². The van der Waals surface area contributed by atoms with Crippen LogP contribution in [-0.2, 0) is 13.0 Å².